The zero-order chi connectivity index (χ0) is 14.3. The number of anilines is 1. The fourth-order valence-electron chi connectivity index (χ4n) is 2.97. The number of carbonyl (C=O) groups excluding carboxylic acids is 2. The SMILES string of the molecule is C[C@@H](C1CC1)N(C)C(=O)[C@@H]1CC(=O)Nc2ccccc21. The number of nitrogens with one attached hydrogen (secondary N) is 1. The highest BCUT2D eigenvalue weighted by Crippen LogP contribution is 2.37. The van der Waals surface area contributed by atoms with Gasteiger partial charge in [-0.15, -0.1) is 0 Å². The van der Waals surface area contributed by atoms with Gasteiger partial charge >= 0.3 is 0 Å². The predicted octanol–water partition coefficient (Wildman–Crippen LogP) is 2.37. The number of rotatable bonds is 3. The van der Waals surface area contributed by atoms with E-state index in [4.69, 9.17) is 0 Å². The Balaban J connectivity index is 1.85. The molecule has 0 aromatic heterocycles. The van der Waals surface area contributed by atoms with Gasteiger partial charge in [0.1, 0.15) is 0 Å². The van der Waals surface area contributed by atoms with E-state index < -0.39 is 0 Å². The Hall–Kier alpha value is -1.84. The van der Waals surface area contributed by atoms with Gasteiger partial charge in [-0.1, -0.05) is 18.2 Å². The zero-order valence-electron chi connectivity index (χ0n) is 11.9. The zero-order valence-corrected chi connectivity index (χ0v) is 11.9. The van der Waals surface area contributed by atoms with E-state index in [-0.39, 0.29) is 30.2 Å². The van der Waals surface area contributed by atoms with Crippen LogP contribution in [0.4, 0.5) is 5.69 Å². The van der Waals surface area contributed by atoms with Crippen molar-refractivity contribution in [3.63, 3.8) is 0 Å². The molecule has 0 spiro atoms. The minimum absolute atomic E-state index is 0.0618. The largest absolute Gasteiger partial charge is 0.342 e. The third-order valence-corrected chi connectivity index (χ3v) is 4.56. The summed E-state index contributed by atoms with van der Waals surface area (Å²) >= 11 is 0. The highest BCUT2D eigenvalue weighted by Gasteiger charge is 2.37. The highest BCUT2D eigenvalue weighted by atomic mass is 16.2. The monoisotopic (exact) mass is 272 g/mol. The molecule has 20 heavy (non-hydrogen) atoms. The van der Waals surface area contributed by atoms with Crippen LogP contribution in [0.25, 0.3) is 0 Å². The first-order chi connectivity index (χ1) is 9.58. The van der Waals surface area contributed by atoms with Crippen LogP contribution in [0.5, 0.6) is 0 Å². The Morgan fingerprint density at radius 2 is 2.05 bits per heavy atom. The van der Waals surface area contributed by atoms with Gasteiger partial charge in [-0.3, -0.25) is 9.59 Å². The number of amides is 2. The lowest BCUT2D eigenvalue weighted by Gasteiger charge is -2.32. The predicted molar refractivity (Wildman–Crippen MR) is 77.4 cm³/mol. The smallest absolute Gasteiger partial charge is 0.230 e. The summed E-state index contributed by atoms with van der Waals surface area (Å²) in [6.45, 7) is 2.10. The summed E-state index contributed by atoms with van der Waals surface area (Å²) < 4.78 is 0. The average Bonchev–Trinajstić information content (AvgIpc) is 3.28. The number of hydrogen-bond donors (Lipinski definition) is 1. The van der Waals surface area contributed by atoms with Crippen molar-refractivity contribution < 1.29 is 9.59 Å². The van der Waals surface area contributed by atoms with E-state index in [1.165, 1.54) is 12.8 Å². The lowest BCUT2D eigenvalue weighted by Crippen LogP contribution is -2.41. The summed E-state index contributed by atoms with van der Waals surface area (Å²) in [7, 11) is 1.86. The Morgan fingerprint density at radius 1 is 1.35 bits per heavy atom. The molecule has 1 aromatic rings. The molecule has 4 nitrogen and oxygen atoms in total. The van der Waals surface area contributed by atoms with Gasteiger partial charge < -0.3 is 10.2 Å². The molecule has 0 unspecified atom stereocenters. The van der Waals surface area contributed by atoms with Crippen molar-refractivity contribution in [3.8, 4) is 0 Å². The van der Waals surface area contributed by atoms with Crippen LogP contribution < -0.4 is 5.32 Å². The molecule has 0 bridgehead atoms. The van der Waals surface area contributed by atoms with E-state index in [0.29, 0.717) is 5.92 Å². The van der Waals surface area contributed by atoms with Gasteiger partial charge in [0.05, 0.1) is 5.92 Å². The van der Waals surface area contributed by atoms with E-state index in [9.17, 15) is 9.59 Å². The maximum Gasteiger partial charge on any atom is 0.230 e. The third-order valence-electron chi connectivity index (χ3n) is 4.56. The van der Waals surface area contributed by atoms with E-state index >= 15 is 0 Å². The molecular formula is C16H20N2O2. The van der Waals surface area contributed by atoms with Crippen molar-refractivity contribution in [1.29, 1.82) is 0 Å². The van der Waals surface area contributed by atoms with Gasteiger partial charge in [0.15, 0.2) is 0 Å². The van der Waals surface area contributed by atoms with Crippen LogP contribution in [0.1, 0.15) is 37.7 Å². The van der Waals surface area contributed by atoms with Gasteiger partial charge in [0.2, 0.25) is 11.8 Å². The highest BCUT2D eigenvalue weighted by molar-refractivity contribution is 6.01. The molecule has 2 amide bonds. The van der Waals surface area contributed by atoms with E-state index in [0.717, 1.165) is 11.3 Å². The quantitative estimate of drug-likeness (QED) is 0.918. The molecule has 1 N–H and O–H groups in total. The fraction of sp³-hybridized carbons (Fsp3) is 0.500. The van der Waals surface area contributed by atoms with E-state index in [1.54, 1.807) is 0 Å². The van der Waals surface area contributed by atoms with Crippen molar-refractivity contribution in [2.45, 2.75) is 38.1 Å². The molecule has 1 aromatic carbocycles. The molecule has 2 aliphatic rings. The summed E-state index contributed by atoms with van der Waals surface area (Å²) in [6, 6.07) is 7.85. The van der Waals surface area contributed by atoms with Gasteiger partial charge in [-0.05, 0) is 37.3 Å². The molecule has 1 aliphatic carbocycles. The fourth-order valence-corrected chi connectivity index (χ4v) is 2.97. The van der Waals surface area contributed by atoms with Crippen molar-refractivity contribution in [2.24, 2.45) is 5.92 Å². The Morgan fingerprint density at radius 3 is 2.75 bits per heavy atom. The second-order valence-electron chi connectivity index (χ2n) is 5.92. The Labute approximate surface area is 119 Å². The van der Waals surface area contributed by atoms with Crippen LogP contribution in [-0.4, -0.2) is 29.8 Å². The molecule has 0 saturated heterocycles. The molecule has 1 fully saturated rings. The van der Waals surface area contributed by atoms with E-state index in [2.05, 4.69) is 12.2 Å². The molecule has 1 heterocycles. The van der Waals surface area contributed by atoms with Crippen molar-refractivity contribution in [1.82, 2.24) is 4.90 Å². The summed E-state index contributed by atoms with van der Waals surface area (Å²) in [5.74, 6) is 0.281. The normalized spacial score (nSPS) is 22.7. The van der Waals surface area contributed by atoms with Gasteiger partial charge in [0.25, 0.3) is 0 Å². The third kappa shape index (κ3) is 2.30. The van der Waals surface area contributed by atoms with Crippen molar-refractivity contribution in [3.05, 3.63) is 29.8 Å². The van der Waals surface area contributed by atoms with Crippen molar-refractivity contribution >= 4 is 17.5 Å². The number of fused-ring (bicyclic) bond motifs is 1. The first kappa shape index (κ1) is 13.2. The molecule has 0 radical (unpaired) electrons. The summed E-state index contributed by atoms with van der Waals surface area (Å²) in [4.78, 5) is 26.4. The average molecular weight is 272 g/mol. The number of nitrogens with zero attached hydrogens (tertiary/aromatic N) is 1. The summed E-state index contributed by atoms with van der Waals surface area (Å²) in [5, 5.41) is 2.84. The maximum atomic E-state index is 12.7. The first-order valence-corrected chi connectivity index (χ1v) is 7.23. The van der Waals surface area contributed by atoms with Crippen LogP contribution in [0.3, 0.4) is 0 Å². The molecular weight excluding hydrogens is 252 g/mol. The molecule has 106 valence electrons. The van der Waals surface area contributed by atoms with Gasteiger partial charge in [-0.2, -0.15) is 0 Å². The molecule has 3 rings (SSSR count). The summed E-state index contributed by atoms with van der Waals surface area (Å²) in [6.07, 6.45) is 2.67. The Bertz CT molecular complexity index is 551. The lowest BCUT2D eigenvalue weighted by molar-refractivity contribution is -0.135. The molecule has 1 aliphatic heterocycles. The maximum absolute atomic E-state index is 12.7. The second-order valence-corrected chi connectivity index (χ2v) is 5.92. The number of hydrogen-bond acceptors (Lipinski definition) is 2. The van der Waals surface area contributed by atoms with E-state index in [1.807, 2.05) is 36.2 Å². The number of benzene rings is 1. The first-order valence-electron chi connectivity index (χ1n) is 7.23. The molecule has 4 heteroatoms. The molecule has 2 atom stereocenters. The van der Waals surface area contributed by atoms with Crippen molar-refractivity contribution in [2.75, 3.05) is 12.4 Å². The number of carbonyl (C=O) groups is 2. The molecule has 1 saturated carbocycles. The minimum Gasteiger partial charge on any atom is -0.342 e. The second kappa shape index (κ2) is 4.93. The van der Waals surface area contributed by atoms with Crippen LogP contribution in [0.2, 0.25) is 0 Å². The Kier molecular flexibility index (Phi) is 3.24. The lowest BCUT2D eigenvalue weighted by atomic mass is 9.89. The van der Waals surface area contributed by atoms with Gasteiger partial charge in [-0.25, -0.2) is 0 Å². The van der Waals surface area contributed by atoms with Gasteiger partial charge in [0, 0.05) is 25.2 Å². The minimum atomic E-state index is -0.342. The number of likely N-dealkylation sites (N-methyl/N-ethyl adjacent to an activating group) is 1. The standard InChI is InChI=1S/C16H20N2O2/c1-10(11-7-8-11)18(2)16(20)13-9-15(19)17-14-6-4-3-5-12(13)14/h3-6,10-11,13H,7-9H2,1-2H3,(H,17,19)/t10-,13+/m0/s1. The topological polar surface area (TPSA) is 49.4 Å². The van der Waals surface area contributed by atoms with Crippen LogP contribution in [0, 0.1) is 5.92 Å². The van der Waals surface area contributed by atoms with Crippen LogP contribution in [0.15, 0.2) is 24.3 Å². The number of para-hydroxylation sites is 1. The summed E-state index contributed by atoms with van der Waals surface area (Å²) in [5.41, 5.74) is 1.71. The van der Waals surface area contributed by atoms with Crippen LogP contribution >= 0.6 is 0 Å². The van der Waals surface area contributed by atoms with Crippen LogP contribution in [-0.2, 0) is 9.59 Å².